The summed E-state index contributed by atoms with van der Waals surface area (Å²) in [5, 5.41) is 9.00. The lowest BCUT2D eigenvalue weighted by Gasteiger charge is -2.16. The number of nitrogens with two attached hydrogens (primary N) is 1. The van der Waals surface area contributed by atoms with Crippen molar-refractivity contribution in [1.82, 2.24) is 0 Å². The van der Waals surface area contributed by atoms with Crippen molar-refractivity contribution in [2.75, 3.05) is 18.5 Å². The molecule has 0 aliphatic carbocycles. The molecule has 1 saturated heterocycles. The minimum atomic E-state index is -1.04. The van der Waals surface area contributed by atoms with Gasteiger partial charge in [0.05, 0.1) is 11.5 Å². The Labute approximate surface area is 159 Å². The van der Waals surface area contributed by atoms with Crippen LogP contribution in [-0.2, 0) is 16.2 Å². The van der Waals surface area contributed by atoms with Gasteiger partial charge in [0.25, 0.3) is 0 Å². The van der Waals surface area contributed by atoms with E-state index in [1.54, 1.807) is 12.1 Å². The summed E-state index contributed by atoms with van der Waals surface area (Å²) in [4.78, 5) is 24.3. The molecule has 1 heterocycles. The Morgan fingerprint density at radius 3 is 2.25 bits per heavy atom. The number of halogens is 3. The molecule has 1 aliphatic heterocycles. The summed E-state index contributed by atoms with van der Waals surface area (Å²) in [6, 6.07) is 7.24. The van der Waals surface area contributed by atoms with Gasteiger partial charge in [0.2, 0.25) is 5.91 Å². The first-order chi connectivity index (χ1) is 13.3. The van der Waals surface area contributed by atoms with Crippen molar-refractivity contribution in [2.45, 2.75) is 13.0 Å². The van der Waals surface area contributed by atoms with Gasteiger partial charge in [-0.2, -0.15) is 0 Å². The van der Waals surface area contributed by atoms with Crippen LogP contribution in [0.15, 0.2) is 36.4 Å². The molecule has 3 rings (SSSR count). The van der Waals surface area contributed by atoms with Gasteiger partial charge in [-0.25, -0.2) is 13.2 Å². The number of benzene rings is 2. The molecule has 0 radical (unpaired) electrons. The van der Waals surface area contributed by atoms with E-state index in [0.717, 1.165) is 0 Å². The molecule has 0 saturated carbocycles. The first kappa shape index (κ1) is 21.2. The zero-order valence-electron chi connectivity index (χ0n) is 15.0. The van der Waals surface area contributed by atoms with Crippen molar-refractivity contribution < 1.29 is 32.6 Å². The molecule has 150 valence electrons. The van der Waals surface area contributed by atoms with Crippen molar-refractivity contribution in [3.63, 3.8) is 0 Å². The van der Waals surface area contributed by atoms with Crippen molar-refractivity contribution >= 4 is 17.6 Å². The third-order valence-electron chi connectivity index (χ3n) is 4.11. The summed E-state index contributed by atoms with van der Waals surface area (Å²) in [6.45, 7) is -0.346. The van der Waals surface area contributed by atoms with E-state index in [9.17, 15) is 22.8 Å². The van der Waals surface area contributed by atoms with Crippen molar-refractivity contribution in [3.8, 4) is 5.75 Å². The number of anilines is 1. The highest BCUT2D eigenvalue weighted by atomic mass is 19.1. The summed E-state index contributed by atoms with van der Waals surface area (Å²) in [5.74, 6) is -4.86. The third-order valence-corrected chi connectivity index (χ3v) is 4.11. The highest BCUT2D eigenvalue weighted by molar-refractivity contribution is 5.99. The summed E-state index contributed by atoms with van der Waals surface area (Å²) < 4.78 is 45.3. The fraction of sp³-hybridized carbons (Fsp3) is 0.263. The topological polar surface area (TPSA) is 92.9 Å². The molecule has 0 aromatic heterocycles. The number of hydrogen-bond donors (Lipinski definition) is 2. The van der Waals surface area contributed by atoms with Crippen LogP contribution in [0, 0.1) is 23.4 Å². The second kappa shape index (κ2) is 9.23. The number of carboxylic acid groups (broad SMARTS) is 1. The lowest BCUT2D eigenvalue weighted by atomic mass is 10.1. The number of amides is 1. The molecule has 2 aromatic rings. The number of ether oxygens (including phenoxy) is 1. The Hall–Kier alpha value is -3.07. The van der Waals surface area contributed by atoms with Crippen molar-refractivity contribution in [1.29, 1.82) is 0 Å². The van der Waals surface area contributed by atoms with Crippen LogP contribution in [0.2, 0.25) is 0 Å². The maximum atomic E-state index is 13.6. The standard InChI is InChI=1S/C18H14F3NO4.CH5N/c19-11-6-15(20)14(16(21)7-11)9-26-13-3-1-12(2-4-13)22-8-10(18(24)25)5-17(22)23;1-2/h1-4,6-7,10H,5,8-9H2,(H,24,25);2H2,1H3/t10-;/m1./s1. The van der Waals surface area contributed by atoms with Gasteiger partial charge in [0.15, 0.2) is 0 Å². The number of carbonyl (C=O) groups excluding carboxylic acids is 1. The Balaban J connectivity index is 0.00000136. The van der Waals surface area contributed by atoms with Crippen molar-refractivity contribution in [2.24, 2.45) is 11.7 Å². The summed E-state index contributed by atoms with van der Waals surface area (Å²) in [6.07, 6.45) is -0.0588. The minimum absolute atomic E-state index is 0.0588. The predicted molar refractivity (Wildman–Crippen MR) is 95.3 cm³/mol. The van der Waals surface area contributed by atoms with Crippen LogP contribution in [0.3, 0.4) is 0 Å². The molecule has 28 heavy (non-hydrogen) atoms. The van der Waals surface area contributed by atoms with E-state index in [1.807, 2.05) is 0 Å². The normalized spacial score (nSPS) is 15.8. The molecule has 9 heteroatoms. The first-order valence-corrected chi connectivity index (χ1v) is 8.32. The maximum absolute atomic E-state index is 13.6. The lowest BCUT2D eigenvalue weighted by molar-refractivity contribution is -0.141. The van der Waals surface area contributed by atoms with Gasteiger partial charge in [-0.3, -0.25) is 9.59 Å². The highest BCUT2D eigenvalue weighted by Crippen LogP contribution is 2.27. The Morgan fingerprint density at radius 2 is 1.75 bits per heavy atom. The minimum Gasteiger partial charge on any atom is -0.489 e. The van der Waals surface area contributed by atoms with Crippen LogP contribution < -0.4 is 15.4 Å². The number of aliphatic carboxylic acids is 1. The first-order valence-electron chi connectivity index (χ1n) is 8.32. The van der Waals surface area contributed by atoms with Crippen LogP contribution in [0.5, 0.6) is 5.75 Å². The van der Waals surface area contributed by atoms with Gasteiger partial charge in [-0.1, -0.05) is 0 Å². The van der Waals surface area contributed by atoms with Gasteiger partial charge in [0, 0.05) is 30.8 Å². The van der Waals surface area contributed by atoms with E-state index in [4.69, 9.17) is 9.84 Å². The molecular weight excluding hydrogens is 377 g/mol. The highest BCUT2D eigenvalue weighted by Gasteiger charge is 2.34. The molecule has 1 atom stereocenters. The van der Waals surface area contributed by atoms with Crippen LogP contribution in [0.4, 0.5) is 18.9 Å². The molecule has 2 aromatic carbocycles. The van der Waals surface area contributed by atoms with Crippen molar-refractivity contribution in [3.05, 3.63) is 59.4 Å². The number of hydrogen-bond acceptors (Lipinski definition) is 4. The van der Waals surface area contributed by atoms with Gasteiger partial charge in [-0.15, -0.1) is 0 Å². The van der Waals surface area contributed by atoms with Crippen LogP contribution in [0.25, 0.3) is 0 Å². The number of nitrogens with zero attached hydrogens (tertiary/aromatic N) is 1. The number of carbonyl (C=O) groups is 2. The van der Waals surface area contributed by atoms with Crippen LogP contribution in [-0.4, -0.2) is 30.6 Å². The van der Waals surface area contributed by atoms with E-state index in [-0.39, 0.29) is 18.9 Å². The third kappa shape index (κ3) is 4.80. The average Bonchev–Trinajstić information content (AvgIpc) is 3.05. The quantitative estimate of drug-likeness (QED) is 0.811. The summed E-state index contributed by atoms with van der Waals surface area (Å²) >= 11 is 0. The largest absolute Gasteiger partial charge is 0.489 e. The molecule has 0 unspecified atom stereocenters. The summed E-state index contributed by atoms with van der Waals surface area (Å²) in [5.41, 5.74) is 4.61. The molecule has 0 spiro atoms. The predicted octanol–water partition coefficient (Wildman–Crippen LogP) is 2.70. The molecule has 1 fully saturated rings. The van der Waals surface area contributed by atoms with E-state index in [0.29, 0.717) is 23.6 Å². The number of rotatable bonds is 5. The smallest absolute Gasteiger partial charge is 0.308 e. The van der Waals surface area contributed by atoms with E-state index in [2.05, 4.69) is 5.73 Å². The average molecular weight is 396 g/mol. The number of carboxylic acids is 1. The Morgan fingerprint density at radius 1 is 1.18 bits per heavy atom. The maximum Gasteiger partial charge on any atom is 0.308 e. The lowest BCUT2D eigenvalue weighted by Crippen LogP contribution is -2.25. The monoisotopic (exact) mass is 396 g/mol. The molecule has 6 nitrogen and oxygen atoms in total. The molecule has 3 N–H and O–H groups in total. The van der Waals surface area contributed by atoms with Gasteiger partial charge in [-0.05, 0) is 31.3 Å². The zero-order chi connectivity index (χ0) is 20.8. The fourth-order valence-electron chi connectivity index (χ4n) is 2.71. The Bertz CT molecular complexity index is 836. The SMILES string of the molecule is CN.O=C(O)[C@@H]1CC(=O)N(c2ccc(OCc3c(F)cc(F)cc3F)cc2)C1. The summed E-state index contributed by atoms with van der Waals surface area (Å²) in [7, 11) is 1.50. The van der Waals surface area contributed by atoms with Crippen LogP contribution in [0.1, 0.15) is 12.0 Å². The molecular formula is C19H19F3N2O4. The molecule has 1 aliphatic rings. The van der Waals surface area contributed by atoms with Gasteiger partial charge >= 0.3 is 5.97 Å². The molecule has 1 amide bonds. The van der Waals surface area contributed by atoms with Gasteiger partial charge < -0.3 is 20.5 Å². The van der Waals surface area contributed by atoms with E-state index >= 15 is 0 Å². The van der Waals surface area contributed by atoms with Gasteiger partial charge in [0.1, 0.15) is 29.8 Å². The second-order valence-corrected chi connectivity index (χ2v) is 5.87. The van der Waals surface area contributed by atoms with E-state index < -0.39 is 41.5 Å². The molecule has 0 bridgehead atoms. The van der Waals surface area contributed by atoms with E-state index in [1.165, 1.54) is 24.1 Å². The second-order valence-electron chi connectivity index (χ2n) is 5.87. The van der Waals surface area contributed by atoms with Crippen LogP contribution >= 0.6 is 0 Å². The zero-order valence-corrected chi connectivity index (χ0v) is 15.0. The fourth-order valence-corrected chi connectivity index (χ4v) is 2.71. The Kier molecular flexibility index (Phi) is 7.00.